The predicted molar refractivity (Wildman–Crippen MR) is 122 cm³/mol. The highest BCUT2D eigenvalue weighted by Gasteiger charge is 2.30. The van der Waals surface area contributed by atoms with Crippen LogP contribution in [0.2, 0.25) is 0 Å². The number of carboxylic acids is 1. The minimum atomic E-state index is -0.826. The summed E-state index contributed by atoms with van der Waals surface area (Å²) < 4.78 is 21.0. The first-order valence-corrected chi connectivity index (χ1v) is 11.2. The molecular weight excluding hydrogens is 393 g/mol. The van der Waals surface area contributed by atoms with Gasteiger partial charge in [0.25, 0.3) is 0 Å². The SMILES string of the molecule is CC(C)(C)[C@H]1CC[C@H](Oc2ccc(-c3cccc(CNCCC(=O)O)c3)c(F)c2)CC1. The molecule has 0 bridgehead atoms. The van der Waals surface area contributed by atoms with Gasteiger partial charge in [-0.05, 0) is 66.3 Å². The molecule has 1 aliphatic rings. The fraction of sp³-hybridized carbons (Fsp3) is 0.500. The molecule has 5 heteroatoms. The lowest BCUT2D eigenvalue weighted by molar-refractivity contribution is -0.136. The lowest BCUT2D eigenvalue weighted by Crippen LogP contribution is -2.30. The Morgan fingerprint density at radius 2 is 1.87 bits per heavy atom. The average Bonchev–Trinajstić information content (AvgIpc) is 2.71. The molecule has 0 amide bonds. The largest absolute Gasteiger partial charge is 0.490 e. The van der Waals surface area contributed by atoms with Crippen molar-refractivity contribution >= 4 is 5.97 Å². The van der Waals surface area contributed by atoms with Crippen molar-refractivity contribution < 1.29 is 19.0 Å². The number of carbonyl (C=O) groups is 1. The first kappa shape index (κ1) is 23.3. The van der Waals surface area contributed by atoms with E-state index in [0.717, 1.165) is 42.7 Å². The Kier molecular flexibility index (Phi) is 7.71. The second kappa shape index (κ2) is 10.3. The summed E-state index contributed by atoms with van der Waals surface area (Å²) in [6.07, 6.45) is 4.58. The van der Waals surface area contributed by atoms with E-state index in [1.54, 1.807) is 6.07 Å². The van der Waals surface area contributed by atoms with Crippen molar-refractivity contribution in [1.29, 1.82) is 0 Å². The number of rotatable bonds is 8. The van der Waals surface area contributed by atoms with Crippen LogP contribution in [0.5, 0.6) is 5.75 Å². The van der Waals surface area contributed by atoms with Crippen molar-refractivity contribution in [2.45, 2.75) is 65.5 Å². The number of hydrogen-bond donors (Lipinski definition) is 2. The molecule has 0 saturated heterocycles. The fourth-order valence-electron chi connectivity index (χ4n) is 4.32. The van der Waals surface area contributed by atoms with Gasteiger partial charge in [0.05, 0.1) is 12.5 Å². The molecule has 3 rings (SSSR count). The Hall–Kier alpha value is -2.40. The monoisotopic (exact) mass is 427 g/mol. The van der Waals surface area contributed by atoms with E-state index in [-0.39, 0.29) is 18.3 Å². The third-order valence-corrected chi connectivity index (χ3v) is 6.23. The highest BCUT2D eigenvalue weighted by molar-refractivity contribution is 5.67. The van der Waals surface area contributed by atoms with Gasteiger partial charge in [-0.25, -0.2) is 4.39 Å². The number of ether oxygens (including phenoxy) is 1. The van der Waals surface area contributed by atoms with Gasteiger partial charge in [-0.15, -0.1) is 0 Å². The van der Waals surface area contributed by atoms with Gasteiger partial charge >= 0.3 is 5.97 Å². The van der Waals surface area contributed by atoms with E-state index >= 15 is 0 Å². The highest BCUT2D eigenvalue weighted by Crippen LogP contribution is 2.39. The molecule has 2 aromatic carbocycles. The fourth-order valence-corrected chi connectivity index (χ4v) is 4.32. The van der Waals surface area contributed by atoms with Crippen LogP contribution in [0.15, 0.2) is 42.5 Å². The number of benzene rings is 2. The molecule has 4 nitrogen and oxygen atoms in total. The third kappa shape index (κ3) is 6.79. The summed E-state index contributed by atoms with van der Waals surface area (Å²) in [5.41, 5.74) is 2.65. The van der Waals surface area contributed by atoms with E-state index in [0.29, 0.717) is 29.8 Å². The van der Waals surface area contributed by atoms with E-state index in [4.69, 9.17) is 9.84 Å². The number of carboxylic acid groups (broad SMARTS) is 1. The molecule has 2 aromatic rings. The van der Waals surface area contributed by atoms with E-state index in [1.165, 1.54) is 6.07 Å². The zero-order valence-corrected chi connectivity index (χ0v) is 18.8. The van der Waals surface area contributed by atoms with Gasteiger partial charge in [0.15, 0.2) is 0 Å². The van der Waals surface area contributed by atoms with Gasteiger partial charge in [-0.3, -0.25) is 4.79 Å². The van der Waals surface area contributed by atoms with Gasteiger partial charge in [0.2, 0.25) is 0 Å². The summed E-state index contributed by atoms with van der Waals surface area (Å²) in [6.45, 7) is 7.84. The van der Waals surface area contributed by atoms with Crippen LogP contribution in [0.3, 0.4) is 0 Å². The summed E-state index contributed by atoms with van der Waals surface area (Å²) >= 11 is 0. The molecule has 1 aliphatic carbocycles. The second-order valence-corrected chi connectivity index (χ2v) is 9.62. The Bertz CT molecular complexity index is 882. The van der Waals surface area contributed by atoms with Crippen molar-refractivity contribution in [3.8, 4) is 16.9 Å². The summed E-state index contributed by atoms with van der Waals surface area (Å²) in [5, 5.41) is 11.8. The normalized spacial score (nSPS) is 19.2. The van der Waals surface area contributed by atoms with Crippen LogP contribution in [-0.2, 0) is 11.3 Å². The number of hydrogen-bond acceptors (Lipinski definition) is 3. The molecule has 168 valence electrons. The van der Waals surface area contributed by atoms with Crippen LogP contribution in [0.1, 0.15) is 58.4 Å². The second-order valence-electron chi connectivity index (χ2n) is 9.62. The zero-order valence-electron chi connectivity index (χ0n) is 18.8. The number of aliphatic carboxylic acids is 1. The minimum Gasteiger partial charge on any atom is -0.490 e. The molecule has 0 spiro atoms. The maximum absolute atomic E-state index is 14.9. The highest BCUT2D eigenvalue weighted by atomic mass is 19.1. The van der Waals surface area contributed by atoms with Gasteiger partial charge in [-0.2, -0.15) is 0 Å². The topological polar surface area (TPSA) is 58.6 Å². The van der Waals surface area contributed by atoms with E-state index in [2.05, 4.69) is 26.1 Å². The number of nitrogens with one attached hydrogen (secondary N) is 1. The van der Waals surface area contributed by atoms with Crippen LogP contribution < -0.4 is 10.1 Å². The first-order valence-electron chi connectivity index (χ1n) is 11.2. The van der Waals surface area contributed by atoms with Crippen LogP contribution in [-0.4, -0.2) is 23.7 Å². The van der Waals surface area contributed by atoms with E-state index < -0.39 is 5.97 Å². The van der Waals surface area contributed by atoms with Crippen molar-refractivity contribution in [3.05, 3.63) is 53.8 Å². The Morgan fingerprint density at radius 3 is 2.52 bits per heavy atom. The standard InChI is InChI=1S/C26H34FNO3/c1-26(2,3)20-7-9-21(10-8-20)31-22-11-12-23(24(27)16-22)19-6-4-5-18(15-19)17-28-14-13-25(29)30/h4-6,11-12,15-16,20-21,28H,7-10,13-14,17H2,1-3H3,(H,29,30)/t20-,21-. The van der Waals surface area contributed by atoms with Gasteiger partial charge in [0, 0.05) is 24.7 Å². The lowest BCUT2D eigenvalue weighted by Gasteiger charge is -2.36. The minimum absolute atomic E-state index is 0.0770. The van der Waals surface area contributed by atoms with E-state index in [1.807, 2.05) is 30.3 Å². The summed E-state index contributed by atoms with van der Waals surface area (Å²) in [7, 11) is 0. The van der Waals surface area contributed by atoms with E-state index in [9.17, 15) is 9.18 Å². The molecule has 2 N–H and O–H groups in total. The Balaban J connectivity index is 1.60. The quantitative estimate of drug-likeness (QED) is 0.504. The molecule has 0 aromatic heterocycles. The van der Waals surface area contributed by atoms with Crippen molar-refractivity contribution in [3.63, 3.8) is 0 Å². The summed E-state index contributed by atoms with van der Waals surface area (Å²) in [5.74, 6) is 0.189. The van der Waals surface area contributed by atoms with Crippen LogP contribution in [0.25, 0.3) is 11.1 Å². The molecule has 1 fully saturated rings. The molecule has 1 saturated carbocycles. The molecule has 0 atom stereocenters. The molecular formula is C26H34FNO3. The Morgan fingerprint density at radius 1 is 1.13 bits per heavy atom. The summed E-state index contributed by atoms with van der Waals surface area (Å²) in [4.78, 5) is 10.6. The first-order chi connectivity index (χ1) is 14.7. The zero-order chi connectivity index (χ0) is 22.4. The van der Waals surface area contributed by atoms with Gasteiger partial charge in [0.1, 0.15) is 11.6 Å². The predicted octanol–water partition coefficient (Wildman–Crippen LogP) is 6.04. The maximum Gasteiger partial charge on any atom is 0.304 e. The van der Waals surface area contributed by atoms with Crippen molar-refractivity contribution in [2.24, 2.45) is 11.3 Å². The molecule has 0 unspecified atom stereocenters. The smallest absolute Gasteiger partial charge is 0.304 e. The molecule has 0 aliphatic heterocycles. The van der Waals surface area contributed by atoms with Gasteiger partial charge < -0.3 is 15.2 Å². The molecule has 0 heterocycles. The van der Waals surface area contributed by atoms with Crippen LogP contribution >= 0.6 is 0 Å². The van der Waals surface area contributed by atoms with Crippen molar-refractivity contribution in [1.82, 2.24) is 5.32 Å². The third-order valence-electron chi connectivity index (χ3n) is 6.23. The average molecular weight is 428 g/mol. The molecule has 31 heavy (non-hydrogen) atoms. The van der Waals surface area contributed by atoms with Crippen LogP contribution in [0, 0.1) is 17.2 Å². The maximum atomic E-state index is 14.9. The summed E-state index contributed by atoms with van der Waals surface area (Å²) in [6, 6.07) is 12.8. The Labute approximate surface area is 184 Å². The van der Waals surface area contributed by atoms with Gasteiger partial charge in [-0.1, -0.05) is 39.0 Å². The molecule has 0 radical (unpaired) electrons. The van der Waals surface area contributed by atoms with Crippen molar-refractivity contribution in [2.75, 3.05) is 6.54 Å². The lowest BCUT2D eigenvalue weighted by atomic mass is 9.72. The van der Waals surface area contributed by atoms with Crippen LogP contribution in [0.4, 0.5) is 4.39 Å². The number of halogens is 1.